The van der Waals surface area contributed by atoms with Gasteiger partial charge in [-0.3, -0.25) is 14.6 Å². The molecule has 182 valence electrons. The SMILES string of the molecule is COCCOc1ccc(C(=O)N2CCCC[C@@H]2C2CCN(C(=O)c3cnc(C)cn3)CC2)cc1. The molecular weight excluding hydrogens is 432 g/mol. The van der Waals surface area contributed by atoms with E-state index in [0.717, 1.165) is 50.1 Å². The Morgan fingerprint density at radius 3 is 2.38 bits per heavy atom. The molecule has 0 radical (unpaired) electrons. The largest absolute Gasteiger partial charge is 0.491 e. The molecule has 8 heteroatoms. The van der Waals surface area contributed by atoms with Gasteiger partial charge in [-0.1, -0.05) is 0 Å². The van der Waals surface area contributed by atoms with E-state index in [1.165, 1.54) is 0 Å². The molecule has 1 aromatic carbocycles. The Hall–Kier alpha value is -3.00. The summed E-state index contributed by atoms with van der Waals surface area (Å²) in [6, 6.07) is 7.61. The molecule has 4 rings (SSSR count). The van der Waals surface area contributed by atoms with Gasteiger partial charge >= 0.3 is 0 Å². The van der Waals surface area contributed by atoms with Gasteiger partial charge in [-0.15, -0.1) is 0 Å². The lowest BCUT2D eigenvalue weighted by molar-refractivity contribution is 0.0373. The van der Waals surface area contributed by atoms with Crippen LogP contribution in [0.25, 0.3) is 0 Å². The molecule has 1 aromatic heterocycles. The first-order valence-electron chi connectivity index (χ1n) is 12.2. The monoisotopic (exact) mass is 466 g/mol. The molecule has 0 saturated carbocycles. The van der Waals surface area contributed by atoms with Crippen molar-refractivity contribution in [1.29, 1.82) is 0 Å². The zero-order chi connectivity index (χ0) is 23.9. The highest BCUT2D eigenvalue weighted by Crippen LogP contribution is 2.32. The average molecular weight is 467 g/mol. The number of ether oxygens (including phenoxy) is 2. The van der Waals surface area contributed by atoms with Crippen LogP contribution in [0.4, 0.5) is 0 Å². The van der Waals surface area contributed by atoms with Gasteiger partial charge in [0.1, 0.15) is 18.1 Å². The Labute approximate surface area is 201 Å². The molecule has 2 aliphatic rings. The fourth-order valence-electron chi connectivity index (χ4n) is 4.95. The minimum absolute atomic E-state index is 0.0599. The number of benzene rings is 1. The molecule has 0 aliphatic carbocycles. The molecule has 1 atom stereocenters. The Kier molecular flexibility index (Phi) is 8.11. The lowest BCUT2D eigenvalue weighted by Gasteiger charge is -2.43. The first-order chi connectivity index (χ1) is 16.6. The van der Waals surface area contributed by atoms with E-state index >= 15 is 0 Å². The summed E-state index contributed by atoms with van der Waals surface area (Å²) in [6.07, 6.45) is 8.16. The van der Waals surface area contributed by atoms with Gasteiger partial charge in [0.25, 0.3) is 11.8 Å². The predicted molar refractivity (Wildman–Crippen MR) is 128 cm³/mol. The molecule has 2 saturated heterocycles. The van der Waals surface area contributed by atoms with E-state index in [2.05, 4.69) is 14.9 Å². The van der Waals surface area contributed by atoms with Crippen molar-refractivity contribution in [1.82, 2.24) is 19.8 Å². The Bertz CT molecular complexity index is 956. The number of likely N-dealkylation sites (tertiary alicyclic amines) is 2. The molecule has 2 aliphatic heterocycles. The quantitative estimate of drug-likeness (QED) is 0.582. The molecule has 0 unspecified atom stereocenters. The molecule has 0 N–H and O–H groups in total. The van der Waals surface area contributed by atoms with Crippen LogP contribution in [0.2, 0.25) is 0 Å². The van der Waals surface area contributed by atoms with Crippen molar-refractivity contribution in [2.75, 3.05) is 40.0 Å². The third kappa shape index (κ3) is 5.73. The Morgan fingerprint density at radius 2 is 1.71 bits per heavy atom. The van der Waals surface area contributed by atoms with Gasteiger partial charge in [-0.2, -0.15) is 0 Å². The van der Waals surface area contributed by atoms with E-state index < -0.39 is 0 Å². The van der Waals surface area contributed by atoms with Crippen LogP contribution in [0, 0.1) is 12.8 Å². The number of rotatable bonds is 7. The Balaban J connectivity index is 1.36. The Morgan fingerprint density at radius 1 is 0.941 bits per heavy atom. The highest BCUT2D eigenvalue weighted by atomic mass is 16.5. The summed E-state index contributed by atoms with van der Waals surface area (Å²) in [5.41, 5.74) is 1.88. The lowest BCUT2D eigenvalue weighted by atomic mass is 9.83. The van der Waals surface area contributed by atoms with E-state index in [1.807, 2.05) is 36.1 Å². The van der Waals surface area contributed by atoms with Gasteiger partial charge in [-0.05, 0) is 69.2 Å². The number of carbonyl (C=O) groups excluding carboxylic acids is 2. The van der Waals surface area contributed by atoms with Gasteiger partial charge in [-0.25, -0.2) is 4.98 Å². The maximum Gasteiger partial charge on any atom is 0.274 e. The first kappa shape index (κ1) is 24.1. The summed E-state index contributed by atoms with van der Waals surface area (Å²) in [6.45, 7) is 5.02. The number of methoxy groups -OCH3 is 1. The summed E-state index contributed by atoms with van der Waals surface area (Å²) in [7, 11) is 1.64. The van der Waals surface area contributed by atoms with Crippen molar-refractivity contribution in [3.63, 3.8) is 0 Å². The number of amides is 2. The summed E-state index contributed by atoms with van der Waals surface area (Å²) in [4.78, 5) is 38.6. The van der Waals surface area contributed by atoms with E-state index in [4.69, 9.17) is 9.47 Å². The normalized spacial score (nSPS) is 19.2. The fourth-order valence-corrected chi connectivity index (χ4v) is 4.95. The third-order valence-corrected chi connectivity index (χ3v) is 6.84. The van der Waals surface area contributed by atoms with E-state index in [-0.39, 0.29) is 17.9 Å². The van der Waals surface area contributed by atoms with Crippen LogP contribution in [0.3, 0.4) is 0 Å². The van der Waals surface area contributed by atoms with Crippen molar-refractivity contribution in [3.8, 4) is 5.75 Å². The zero-order valence-electron chi connectivity index (χ0n) is 20.1. The van der Waals surface area contributed by atoms with Gasteiger partial charge in [0.15, 0.2) is 0 Å². The van der Waals surface area contributed by atoms with E-state index in [9.17, 15) is 9.59 Å². The molecule has 8 nitrogen and oxygen atoms in total. The van der Waals surface area contributed by atoms with Gasteiger partial charge < -0.3 is 19.3 Å². The molecule has 2 amide bonds. The molecule has 0 spiro atoms. The number of nitrogens with zero attached hydrogens (tertiary/aromatic N) is 4. The average Bonchev–Trinajstić information content (AvgIpc) is 2.89. The minimum Gasteiger partial charge on any atom is -0.491 e. The second kappa shape index (κ2) is 11.4. The van der Waals surface area contributed by atoms with Gasteiger partial charge in [0, 0.05) is 44.5 Å². The highest BCUT2D eigenvalue weighted by Gasteiger charge is 2.36. The number of hydrogen-bond acceptors (Lipinski definition) is 6. The number of carbonyl (C=O) groups is 2. The van der Waals surface area contributed by atoms with Crippen LogP contribution in [-0.2, 0) is 4.74 Å². The van der Waals surface area contributed by atoms with E-state index in [1.54, 1.807) is 19.5 Å². The van der Waals surface area contributed by atoms with Crippen molar-refractivity contribution < 1.29 is 19.1 Å². The van der Waals surface area contributed by atoms with Crippen molar-refractivity contribution in [2.24, 2.45) is 5.92 Å². The predicted octanol–water partition coefficient (Wildman–Crippen LogP) is 3.36. The number of aromatic nitrogens is 2. The van der Waals surface area contributed by atoms with Crippen molar-refractivity contribution in [2.45, 2.75) is 45.1 Å². The van der Waals surface area contributed by atoms with Crippen molar-refractivity contribution >= 4 is 11.8 Å². The fraction of sp³-hybridized carbons (Fsp3) is 0.538. The molecule has 3 heterocycles. The van der Waals surface area contributed by atoms with Crippen LogP contribution in [0.1, 0.15) is 58.6 Å². The molecule has 34 heavy (non-hydrogen) atoms. The summed E-state index contributed by atoms with van der Waals surface area (Å²) in [5, 5.41) is 0. The number of aryl methyl sites for hydroxylation is 1. The standard InChI is InChI=1S/C26H34N4O4/c1-19-17-28-23(18-27-19)26(32)29-13-10-20(11-14-29)24-5-3-4-12-30(24)25(31)21-6-8-22(9-7-21)34-16-15-33-2/h6-9,17-18,20,24H,3-5,10-16H2,1-2H3/t24-/m1/s1. The van der Waals surface area contributed by atoms with Crippen LogP contribution in [-0.4, -0.2) is 77.6 Å². The van der Waals surface area contributed by atoms with Crippen LogP contribution < -0.4 is 4.74 Å². The minimum atomic E-state index is -0.0599. The highest BCUT2D eigenvalue weighted by molar-refractivity contribution is 5.94. The maximum atomic E-state index is 13.4. The maximum absolute atomic E-state index is 13.4. The molecule has 2 aromatic rings. The van der Waals surface area contributed by atoms with Crippen LogP contribution in [0.5, 0.6) is 5.75 Å². The summed E-state index contributed by atoms with van der Waals surface area (Å²) in [5.74, 6) is 1.16. The second-order valence-corrected chi connectivity index (χ2v) is 9.10. The van der Waals surface area contributed by atoms with Crippen molar-refractivity contribution in [3.05, 3.63) is 53.6 Å². The summed E-state index contributed by atoms with van der Waals surface area (Å²) >= 11 is 0. The van der Waals surface area contributed by atoms with E-state index in [0.29, 0.717) is 43.5 Å². The molecule has 2 fully saturated rings. The molecule has 0 bridgehead atoms. The first-order valence-corrected chi connectivity index (χ1v) is 12.2. The van der Waals surface area contributed by atoms with Gasteiger partial charge in [0.05, 0.1) is 18.5 Å². The number of hydrogen-bond donors (Lipinski definition) is 0. The van der Waals surface area contributed by atoms with Gasteiger partial charge in [0.2, 0.25) is 0 Å². The smallest absolute Gasteiger partial charge is 0.274 e. The second-order valence-electron chi connectivity index (χ2n) is 9.10. The summed E-state index contributed by atoms with van der Waals surface area (Å²) < 4.78 is 10.6. The topological polar surface area (TPSA) is 84.9 Å². The zero-order valence-corrected chi connectivity index (χ0v) is 20.1. The van der Waals surface area contributed by atoms with Crippen LogP contribution >= 0.6 is 0 Å². The third-order valence-electron chi connectivity index (χ3n) is 6.84. The lowest BCUT2D eigenvalue weighted by Crippen LogP contribution is -2.51. The van der Waals surface area contributed by atoms with Crippen LogP contribution in [0.15, 0.2) is 36.7 Å². The molecular formula is C26H34N4O4. The number of piperidine rings is 2.